The molecule has 0 saturated heterocycles. The lowest BCUT2D eigenvalue weighted by molar-refractivity contribution is 0.102. The molecule has 0 heterocycles. The molecule has 19 heavy (non-hydrogen) atoms. The predicted octanol–water partition coefficient (Wildman–Crippen LogP) is 4.71. The second-order valence-corrected chi connectivity index (χ2v) is 5.50. The van der Waals surface area contributed by atoms with Gasteiger partial charge >= 0.3 is 0 Å². The Morgan fingerprint density at radius 2 is 1.89 bits per heavy atom. The van der Waals surface area contributed by atoms with Gasteiger partial charge in [0.1, 0.15) is 5.75 Å². The van der Waals surface area contributed by atoms with Gasteiger partial charge in [-0.1, -0.05) is 39.1 Å². The lowest BCUT2D eigenvalue weighted by atomic mass is 10.2. The van der Waals surface area contributed by atoms with Gasteiger partial charge in [-0.3, -0.25) is 4.79 Å². The van der Waals surface area contributed by atoms with Crippen LogP contribution >= 0.6 is 39.1 Å². The molecule has 2 N–H and O–H groups in total. The molecule has 2 aromatic rings. The average Bonchev–Trinajstić information content (AvgIpc) is 2.33. The van der Waals surface area contributed by atoms with Gasteiger partial charge in [-0.25, -0.2) is 0 Å². The Balaban J connectivity index is 2.28. The summed E-state index contributed by atoms with van der Waals surface area (Å²) in [7, 11) is 0. The van der Waals surface area contributed by atoms with E-state index in [9.17, 15) is 9.90 Å². The van der Waals surface area contributed by atoms with E-state index >= 15 is 0 Å². The van der Waals surface area contributed by atoms with Crippen LogP contribution in [0, 0.1) is 0 Å². The van der Waals surface area contributed by atoms with Gasteiger partial charge in [0.2, 0.25) is 0 Å². The molecule has 1 amide bonds. The third-order valence-corrected chi connectivity index (χ3v) is 3.42. The van der Waals surface area contributed by atoms with E-state index in [2.05, 4.69) is 21.2 Å². The summed E-state index contributed by atoms with van der Waals surface area (Å²) in [6.45, 7) is 0. The summed E-state index contributed by atoms with van der Waals surface area (Å²) in [6.07, 6.45) is 0. The number of benzene rings is 2. The maximum absolute atomic E-state index is 12.0. The number of carbonyl (C=O) groups excluding carboxylic acids is 1. The summed E-state index contributed by atoms with van der Waals surface area (Å²) in [5.74, 6) is -0.485. The molecule has 0 aliphatic carbocycles. The zero-order valence-corrected chi connectivity index (χ0v) is 12.6. The molecule has 0 unspecified atom stereocenters. The molecule has 0 radical (unpaired) electrons. The maximum atomic E-state index is 12.0. The molecule has 3 nitrogen and oxygen atoms in total. The zero-order chi connectivity index (χ0) is 14.0. The number of amides is 1. The highest BCUT2D eigenvalue weighted by molar-refractivity contribution is 9.10. The summed E-state index contributed by atoms with van der Waals surface area (Å²) in [5, 5.41) is 12.9. The second kappa shape index (κ2) is 5.82. The number of phenols is 1. The van der Waals surface area contributed by atoms with Gasteiger partial charge in [-0.2, -0.15) is 0 Å². The van der Waals surface area contributed by atoms with E-state index in [0.717, 1.165) is 4.47 Å². The van der Waals surface area contributed by atoms with Crippen LogP contribution in [0.4, 0.5) is 5.69 Å². The van der Waals surface area contributed by atoms with Crippen LogP contribution < -0.4 is 5.32 Å². The molecule has 0 aliphatic rings. The number of aromatic hydroxyl groups is 1. The lowest BCUT2D eigenvalue weighted by Gasteiger charge is -2.09. The molecular weight excluding hydrogens is 353 g/mol. The Bertz CT molecular complexity index is 647. The summed E-state index contributed by atoms with van der Waals surface area (Å²) in [5.41, 5.74) is 0.542. The molecular formula is C13H8BrCl2NO2. The van der Waals surface area contributed by atoms with Gasteiger partial charge in [0, 0.05) is 9.50 Å². The highest BCUT2D eigenvalue weighted by atomic mass is 79.9. The Hall–Kier alpha value is -1.23. The fourth-order valence-electron chi connectivity index (χ4n) is 1.47. The SMILES string of the molecule is O=C(Nc1cc(Cl)ccc1O)c1ccc(Br)cc1Cl. The van der Waals surface area contributed by atoms with Crippen LogP contribution in [0.15, 0.2) is 40.9 Å². The Morgan fingerprint density at radius 3 is 2.58 bits per heavy atom. The van der Waals surface area contributed by atoms with Crippen molar-refractivity contribution in [1.82, 2.24) is 0 Å². The topological polar surface area (TPSA) is 49.3 Å². The van der Waals surface area contributed by atoms with Crippen molar-refractivity contribution in [1.29, 1.82) is 0 Å². The molecule has 6 heteroatoms. The molecule has 0 aromatic heterocycles. The first kappa shape index (κ1) is 14.2. The average molecular weight is 361 g/mol. The van der Waals surface area contributed by atoms with Crippen LogP contribution in [-0.4, -0.2) is 11.0 Å². The third-order valence-electron chi connectivity index (χ3n) is 2.38. The molecule has 0 bridgehead atoms. The highest BCUT2D eigenvalue weighted by Crippen LogP contribution is 2.28. The van der Waals surface area contributed by atoms with Crippen molar-refractivity contribution in [2.75, 3.05) is 5.32 Å². The minimum Gasteiger partial charge on any atom is -0.506 e. The highest BCUT2D eigenvalue weighted by Gasteiger charge is 2.13. The number of hydrogen-bond acceptors (Lipinski definition) is 2. The summed E-state index contributed by atoms with van der Waals surface area (Å²) in [6, 6.07) is 9.30. The first-order valence-electron chi connectivity index (χ1n) is 5.22. The molecule has 0 atom stereocenters. The van der Waals surface area contributed by atoms with Gasteiger partial charge < -0.3 is 10.4 Å². The van der Waals surface area contributed by atoms with E-state index in [1.807, 2.05) is 0 Å². The summed E-state index contributed by atoms with van der Waals surface area (Å²) in [4.78, 5) is 12.0. The lowest BCUT2D eigenvalue weighted by Crippen LogP contribution is -2.12. The molecule has 0 spiro atoms. The molecule has 98 valence electrons. The fraction of sp³-hybridized carbons (Fsp3) is 0. The first-order valence-corrected chi connectivity index (χ1v) is 6.77. The Labute approximate surface area is 128 Å². The second-order valence-electron chi connectivity index (χ2n) is 3.74. The van der Waals surface area contributed by atoms with Crippen LogP contribution in [-0.2, 0) is 0 Å². The number of nitrogens with one attached hydrogen (secondary N) is 1. The van der Waals surface area contributed by atoms with Gasteiger partial charge in [0.05, 0.1) is 16.3 Å². The van der Waals surface area contributed by atoms with Crippen molar-refractivity contribution in [2.45, 2.75) is 0 Å². The van der Waals surface area contributed by atoms with E-state index in [1.165, 1.54) is 18.2 Å². The van der Waals surface area contributed by atoms with Crippen molar-refractivity contribution >= 4 is 50.7 Å². The largest absolute Gasteiger partial charge is 0.506 e. The number of halogens is 3. The van der Waals surface area contributed by atoms with Gasteiger partial charge in [-0.15, -0.1) is 0 Å². The van der Waals surface area contributed by atoms with E-state index in [4.69, 9.17) is 23.2 Å². The van der Waals surface area contributed by atoms with Crippen LogP contribution in [0.3, 0.4) is 0 Å². The van der Waals surface area contributed by atoms with E-state index in [-0.39, 0.29) is 11.4 Å². The first-order chi connectivity index (χ1) is 8.97. The normalized spacial score (nSPS) is 10.3. The number of phenolic OH excluding ortho intramolecular Hbond substituents is 1. The zero-order valence-electron chi connectivity index (χ0n) is 9.45. The molecule has 0 saturated carbocycles. The standard InChI is InChI=1S/C13H8BrCl2NO2/c14-7-1-3-9(10(16)5-7)13(19)17-11-6-8(15)2-4-12(11)18/h1-6,18H,(H,17,19). The van der Waals surface area contributed by atoms with E-state index in [1.54, 1.807) is 18.2 Å². The smallest absolute Gasteiger partial charge is 0.257 e. The van der Waals surface area contributed by atoms with Crippen LogP contribution in [0.1, 0.15) is 10.4 Å². The number of anilines is 1. The predicted molar refractivity (Wildman–Crippen MR) is 80.2 cm³/mol. The Kier molecular flexibility index (Phi) is 4.34. The minimum atomic E-state index is -0.421. The van der Waals surface area contributed by atoms with Crippen molar-refractivity contribution in [2.24, 2.45) is 0 Å². The molecule has 2 aromatic carbocycles. The van der Waals surface area contributed by atoms with Gasteiger partial charge in [0.15, 0.2) is 0 Å². The quantitative estimate of drug-likeness (QED) is 0.761. The molecule has 0 fully saturated rings. The van der Waals surface area contributed by atoms with Crippen molar-refractivity contribution in [3.05, 3.63) is 56.5 Å². The van der Waals surface area contributed by atoms with Crippen LogP contribution in [0.5, 0.6) is 5.75 Å². The molecule has 0 aliphatic heterocycles. The van der Waals surface area contributed by atoms with Crippen LogP contribution in [0.2, 0.25) is 10.0 Å². The Morgan fingerprint density at radius 1 is 1.16 bits per heavy atom. The van der Waals surface area contributed by atoms with Crippen LogP contribution in [0.25, 0.3) is 0 Å². The number of hydrogen-bond donors (Lipinski definition) is 2. The fourth-order valence-corrected chi connectivity index (χ4v) is 2.40. The summed E-state index contributed by atoms with van der Waals surface area (Å²) >= 11 is 15.0. The van der Waals surface area contributed by atoms with E-state index < -0.39 is 5.91 Å². The van der Waals surface area contributed by atoms with Crippen molar-refractivity contribution < 1.29 is 9.90 Å². The molecule has 2 rings (SSSR count). The third kappa shape index (κ3) is 3.41. The number of rotatable bonds is 2. The summed E-state index contributed by atoms with van der Waals surface area (Å²) < 4.78 is 0.777. The number of carbonyl (C=O) groups is 1. The van der Waals surface area contributed by atoms with Crippen molar-refractivity contribution in [3.63, 3.8) is 0 Å². The minimum absolute atomic E-state index is 0.0639. The van der Waals surface area contributed by atoms with Gasteiger partial charge in [-0.05, 0) is 36.4 Å². The van der Waals surface area contributed by atoms with Crippen molar-refractivity contribution in [3.8, 4) is 5.75 Å². The van der Waals surface area contributed by atoms with E-state index in [0.29, 0.717) is 15.6 Å². The van der Waals surface area contributed by atoms with Gasteiger partial charge in [0.25, 0.3) is 5.91 Å². The maximum Gasteiger partial charge on any atom is 0.257 e. The monoisotopic (exact) mass is 359 g/mol.